The van der Waals surface area contributed by atoms with Gasteiger partial charge in [0.05, 0.1) is 0 Å². The van der Waals surface area contributed by atoms with E-state index >= 15 is 0 Å². The lowest BCUT2D eigenvalue weighted by molar-refractivity contribution is 0.168. The molecule has 1 fully saturated rings. The highest BCUT2D eigenvalue weighted by Crippen LogP contribution is 2.14. The normalized spacial score (nSPS) is 15.9. The van der Waals surface area contributed by atoms with Crippen LogP contribution in [0.2, 0.25) is 0 Å². The number of hydrogen-bond acceptors (Lipinski definition) is 3. The van der Waals surface area contributed by atoms with Crippen LogP contribution < -0.4 is 4.90 Å². The van der Waals surface area contributed by atoms with Crippen LogP contribution in [0.15, 0.2) is 24.5 Å². The second-order valence-corrected chi connectivity index (χ2v) is 4.36. The summed E-state index contributed by atoms with van der Waals surface area (Å²) in [5.74, 6) is 0. The Kier molecular flexibility index (Phi) is 3.46. The molecule has 0 aromatic carbocycles. The number of nitrogens with zero attached hydrogens (tertiary/aromatic N) is 4. The molecule has 0 atom stereocenters. The van der Waals surface area contributed by atoms with Gasteiger partial charge in [0.1, 0.15) is 0 Å². The van der Waals surface area contributed by atoms with Gasteiger partial charge in [0, 0.05) is 58.4 Å². The Morgan fingerprint density at radius 2 is 1.76 bits per heavy atom. The number of anilines is 1. The monoisotopic (exact) mass is 234 g/mol. The molecule has 0 radical (unpaired) electrons. The van der Waals surface area contributed by atoms with Gasteiger partial charge in [-0.1, -0.05) is 0 Å². The first-order valence-electron chi connectivity index (χ1n) is 5.79. The number of urea groups is 1. The van der Waals surface area contributed by atoms with Gasteiger partial charge >= 0.3 is 6.03 Å². The quantitative estimate of drug-likeness (QED) is 0.724. The van der Waals surface area contributed by atoms with Crippen LogP contribution >= 0.6 is 0 Å². The van der Waals surface area contributed by atoms with Gasteiger partial charge in [0.15, 0.2) is 0 Å². The molecule has 0 N–H and O–H groups in total. The molecule has 2 heterocycles. The van der Waals surface area contributed by atoms with Gasteiger partial charge in [-0.05, 0) is 12.1 Å². The standard InChI is InChI=1S/C12H18N4O/c1-14(2)12(17)16-9-7-15(8-10-16)11-3-5-13-6-4-11/h3-6H,7-10H2,1-2H3. The summed E-state index contributed by atoms with van der Waals surface area (Å²) < 4.78 is 0. The summed E-state index contributed by atoms with van der Waals surface area (Å²) in [6, 6.07) is 4.10. The van der Waals surface area contributed by atoms with Crippen molar-refractivity contribution in [3.8, 4) is 0 Å². The first kappa shape index (κ1) is 11.7. The number of carbonyl (C=O) groups excluding carboxylic acids is 1. The van der Waals surface area contributed by atoms with Gasteiger partial charge in [-0.15, -0.1) is 0 Å². The summed E-state index contributed by atoms with van der Waals surface area (Å²) in [6.45, 7) is 3.31. The van der Waals surface area contributed by atoms with Gasteiger partial charge < -0.3 is 14.7 Å². The summed E-state index contributed by atoms with van der Waals surface area (Å²) in [5, 5.41) is 0. The van der Waals surface area contributed by atoms with Crippen molar-refractivity contribution in [2.24, 2.45) is 0 Å². The number of amides is 2. The van der Waals surface area contributed by atoms with Gasteiger partial charge in [0.2, 0.25) is 0 Å². The van der Waals surface area contributed by atoms with Crippen molar-refractivity contribution in [1.82, 2.24) is 14.8 Å². The first-order chi connectivity index (χ1) is 8.18. The van der Waals surface area contributed by atoms with E-state index in [1.54, 1.807) is 31.4 Å². The summed E-state index contributed by atoms with van der Waals surface area (Å²) in [4.78, 5) is 21.6. The summed E-state index contributed by atoms with van der Waals surface area (Å²) >= 11 is 0. The van der Waals surface area contributed by atoms with Crippen LogP contribution in [0, 0.1) is 0 Å². The summed E-state index contributed by atoms with van der Waals surface area (Å²) in [7, 11) is 3.58. The maximum Gasteiger partial charge on any atom is 0.319 e. The Hall–Kier alpha value is -1.78. The number of carbonyl (C=O) groups is 1. The van der Waals surface area contributed by atoms with Crippen molar-refractivity contribution in [1.29, 1.82) is 0 Å². The fourth-order valence-electron chi connectivity index (χ4n) is 1.99. The minimum atomic E-state index is 0.0966. The SMILES string of the molecule is CN(C)C(=O)N1CCN(c2ccncc2)CC1. The number of rotatable bonds is 1. The second kappa shape index (κ2) is 5.03. The second-order valence-electron chi connectivity index (χ2n) is 4.36. The Morgan fingerprint density at radius 3 is 2.29 bits per heavy atom. The zero-order valence-electron chi connectivity index (χ0n) is 10.3. The molecule has 1 saturated heterocycles. The fourth-order valence-corrected chi connectivity index (χ4v) is 1.99. The van der Waals surface area contributed by atoms with E-state index in [-0.39, 0.29) is 6.03 Å². The first-order valence-corrected chi connectivity index (χ1v) is 5.79. The molecule has 0 aliphatic carbocycles. The molecule has 5 nitrogen and oxygen atoms in total. The molecule has 2 amide bonds. The molecule has 0 saturated carbocycles. The van der Waals surface area contributed by atoms with Crippen LogP contribution in [-0.4, -0.2) is 61.1 Å². The Bertz CT molecular complexity index is 371. The molecule has 0 bridgehead atoms. The van der Waals surface area contributed by atoms with Crippen LogP contribution in [0.4, 0.5) is 10.5 Å². The van der Waals surface area contributed by atoms with Crippen molar-refractivity contribution < 1.29 is 4.79 Å². The lowest BCUT2D eigenvalue weighted by Crippen LogP contribution is -2.51. The van der Waals surface area contributed by atoms with Crippen molar-refractivity contribution in [2.75, 3.05) is 45.2 Å². The minimum Gasteiger partial charge on any atom is -0.368 e. The maximum atomic E-state index is 11.8. The van der Waals surface area contributed by atoms with E-state index in [0.29, 0.717) is 0 Å². The van der Waals surface area contributed by atoms with Crippen LogP contribution in [-0.2, 0) is 0 Å². The third-order valence-corrected chi connectivity index (χ3v) is 2.96. The highest BCUT2D eigenvalue weighted by Gasteiger charge is 2.21. The number of aromatic nitrogens is 1. The molecule has 5 heteroatoms. The molecule has 1 aliphatic rings. The van der Waals surface area contributed by atoms with E-state index in [1.807, 2.05) is 17.0 Å². The molecule has 1 aliphatic heterocycles. The maximum absolute atomic E-state index is 11.8. The molecule has 2 rings (SSSR count). The Labute approximate surface area is 102 Å². The summed E-state index contributed by atoms with van der Waals surface area (Å²) in [5.41, 5.74) is 1.18. The minimum absolute atomic E-state index is 0.0966. The zero-order chi connectivity index (χ0) is 12.3. The van der Waals surface area contributed by atoms with E-state index in [0.717, 1.165) is 26.2 Å². The average Bonchev–Trinajstić information content (AvgIpc) is 2.39. The lowest BCUT2D eigenvalue weighted by Gasteiger charge is -2.37. The average molecular weight is 234 g/mol. The van der Waals surface area contributed by atoms with Crippen molar-refractivity contribution in [3.05, 3.63) is 24.5 Å². The molecule has 1 aromatic rings. The predicted molar refractivity (Wildman–Crippen MR) is 67.1 cm³/mol. The highest BCUT2D eigenvalue weighted by atomic mass is 16.2. The molecule has 1 aromatic heterocycles. The van der Waals surface area contributed by atoms with Crippen LogP contribution in [0.1, 0.15) is 0 Å². The predicted octanol–water partition coefficient (Wildman–Crippen LogP) is 0.885. The number of pyridine rings is 1. The third kappa shape index (κ3) is 2.67. The van der Waals surface area contributed by atoms with Crippen molar-refractivity contribution in [2.45, 2.75) is 0 Å². The van der Waals surface area contributed by atoms with E-state index in [9.17, 15) is 4.79 Å². The van der Waals surface area contributed by atoms with E-state index in [1.165, 1.54) is 5.69 Å². The lowest BCUT2D eigenvalue weighted by atomic mass is 10.3. The van der Waals surface area contributed by atoms with Gasteiger partial charge in [-0.3, -0.25) is 4.98 Å². The van der Waals surface area contributed by atoms with Gasteiger partial charge in [0.25, 0.3) is 0 Å². The molecule has 92 valence electrons. The third-order valence-electron chi connectivity index (χ3n) is 2.96. The van der Waals surface area contributed by atoms with Crippen LogP contribution in [0.3, 0.4) is 0 Å². The highest BCUT2D eigenvalue weighted by molar-refractivity contribution is 5.74. The van der Waals surface area contributed by atoms with Crippen LogP contribution in [0.25, 0.3) is 0 Å². The number of hydrogen-bond donors (Lipinski definition) is 0. The van der Waals surface area contributed by atoms with Crippen LogP contribution in [0.5, 0.6) is 0 Å². The van der Waals surface area contributed by atoms with E-state index < -0.39 is 0 Å². The summed E-state index contributed by atoms with van der Waals surface area (Å²) in [6.07, 6.45) is 3.60. The van der Waals surface area contributed by atoms with Crippen molar-refractivity contribution >= 4 is 11.7 Å². The van der Waals surface area contributed by atoms with Gasteiger partial charge in [-0.2, -0.15) is 0 Å². The fraction of sp³-hybridized carbons (Fsp3) is 0.500. The Balaban J connectivity index is 1.93. The van der Waals surface area contributed by atoms with E-state index in [2.05, 4.69) is 9.88 Å². The topological polar surface area (TPSA) is 39.7 Å². The molecule has 17 heavy (non-hydrogen) atoms. The molecule has 0 spiro atoms. The largest absolute Gasteiger partial charge is 0.368 e. The molecule has 0 unspecified atom stereocenters. The van der Waals surface area contributed by atoms with E-state index in [4.69, 9.17) is 0 Å². The molecular formula is C12H18N4O. The molecular weight excluding hydrogens is 216 g/mol. The zero-order valence-corrected chi connectivity index (χ0v) is 10.3. The van der Waals surface area contributed by atoms with Crippen molar-refractivity contribution in [3.63, 3.8) is 0 Å². The Morgan fingerprint density at radius 1 is 1.18 bits per heavy atom. The number of piperazine rings is 1. The van der Waals surface area contributed by atoms with Gasteiger partial charge in [-0.25, -0.2) is 4.79 Å². The smallest absolute Gasteiger partial charge is 0.319 e.